The Kier molecular flexibility index (Phi) is 2.33. The molecular weight excluding hydrogens is 174 g/mol. The van der Waals surface area contributed by atoms with E-state index in [2.05, 4.69) is 10.3 Å². The predicted octanol–water partition coefficient (Wildman–Crippen LogP) is 1.74. The molecule has 0 saturated carbocycles. The molecule has 14 heavy (non-hydrogen) atoms. The summed E-state index contributed by atoms with van der Waals surface area (Å²) in [6, 6.07) is 8.03. The summed E-state index contributed by atoms with van der Waals surface area (Å²) in [6.45, 7) is 0.508. The summed E-state index contributed by atoms with van der Waals surface area (Å²) < 4.78 is 0. The molecule has 0 fully saturated rings. The smallest absolute Gasteiger partial charge is 0.0722 e. The molecule has 0 aliphatic carbocycles. The lowest BCUT2D eigenvalue weighted by Crippen LogP contribution is -2.03. The summed E-state index contributed by atoms with van der Waals surface area (Å²) in [5.41, 5.74) is 8.76. The first-order chi connectivity index (χ1) is 6.86. The largest absolute Gasteiger partial charge is 0.387 e. The molecule has 0 atom stereocenters. The van der Waals surface area contributed by atoms with E-state index in [-0.39, 0.29) is 0 Å². The number of aromatic nitrogens is 1. The van der Waals surface area contributed by atoms with Gasteiger partial charge in [-0.15, -0.1) is 0 Å². The SMILES string of the molecule is CNc1c(CN)cnc2ccccc12. The van der Waals surface area contributed by atoms with Crippen LogP contribution in [0.1, 0.15) is 5.56 Å². The standard InChI is InChI=1S/C11H13N3/c1-13-11-8(6-12)7-14-10-5-3-2-4-9(10)11/h2-5,7H,6,12H2,1H3,(H,13,14). The van der Waals surface area contributed by atoms with Gasteiger partial charge in [0.1, 0.15) is 0 Å². The maximum absolute atomic E-state index is 5.64. The van der Waals surface area contributed by atoms with E-state index >= 15 is 0 Å². The Hall–Kier alpha value is -1.61. The molecule has 1 aromatic carbocycles. The summed E-state index contributed by atoms with van der Waals surface area (Å²) >= 11 is 0. The fourth-order valence-electron chi connectivity index (χ4n) is 1.63. The van der Waals surface area contributed by atoms with Crippen molar-refractivity contribution >= 4 is 16.6 Å². The van der Waals surface area contributed by atoms with Crippen LogP contribution in [0.2, 0.25) is 0 Å². The molecule has 1 aromatic heterocycles. The molecule has 0 saturated heterocycles. The van der Waals surface area contributed by atoms with Gasteiger partial charge in [-0.3, -0.25) is 4.98 Å². The number of para-hydroxylation sites is 1. The highest BCUT2D eigenvalue weighted by atomic mass is 14.8. The van der Waals surface area contributed by atoms with Crippen LogP contribution in [0, 0.1) is 0 Å². The minimum atomic E-state index is 0.508. The molecule has 0 amide bonds. The van der Waals surface area contributed by atoms with Gasteiger partial charge in [-0.05, 0) is 6.07 Å². The number of nitrogens with zero attached hydrogens (tertiary/aromatic N) is 1. The summed E-state index contributed by atoms with van der Waals surface area (Å²) in [5.74, 6) is 0. The van der Waals surface area contributed by atoms with E-state index in [9.17, 15) is 0 Å². The Morgan fingerprint density at radius 1 is 1.36 bits per heavy atom. The van der Waals surface area contributed by atoms with Gasteiger partial charge in [-0.1, -0.05) is 18.2 Å². The normalized spacial score (nSPS) is 10.4. The van der Waals surface area contributed by atoms with Crippen molar-refractivity contribution in [2.24, 2.45) is 5.73 Å². The molecule has 1 heterocycles. The average molecular weight is 187 g/mol. The molecule has 72 valence electrons. The molecule has 2 aromatic rings. The number of hydrogen-bond donors (Lipinski definition) is 2. The van der Waals surface area contributed by atoms with Crippen LogP contribution in [0.5, 0.6) is 0 Å². The third kappa shape index (κ3) is 1.32. The van der Waals surface area contributed by atoms with Gasteiger partial charge in [0.25, 0.3) is 0 Å². The maximum Gasteiger partial charge on any atom is 0.0722 e. The average Bonchev–Trinajstić information content (AvgIpc) is 2.27. The summed E-state index contributed by atoms with van der Waals surface area (Å²) in [6.07, 6.45) is 1.83. The quantitative estimate of drug-likeness (QED) is 0.752. The molecule has 3 heteroatoms. The van der Waals surface area contributed by atoms with Crippen LogP contribution in [0.15, 0.2) is 30.5 Å². The molecule has 0 bridgehead atoms. The fraction of sp³-hybridized carbons (Fsp3) is 0.182. The van der Waals surface area contributed by atoms with Crippen LogP contribution in [-0.2, 0) is 6.54 Å². The van der Waals surface area contributed by atoms with Crippen molar-refractivity contribution in [3.05, 3.63) is 36.0 Å². The molecule has 0 radical (unpaired) electrons. The van der Waals surface area contributed by atoms with Crippen LogP contribution in [0.25, 0.3) is 10.9 Å². The van der Waals surface area contributed by atoms with Gasteiger partial charge >= 0.3 is 0 Å². The van der Waals surface area contributed by atoms with Gasteiger partial charge in [0, 0.05) is 36.4 Å². The number of nitrogens with one attached hydrogen (secondary N) is 1. The van der Waals surface area contributed by atoms with Gasteiger partial charge < -0.3 is 11.1 Å². The van der Waals surface area contributed by atoms with E-state index in [1.807, 2.05) is 37.5 Å². The molecule has 2 rings (SSSR count). The van der Waals surface area contributed by atoms with Crippen molar-refractivity contribution in [3.8, 4) is 0 Å². The van der Waals surface area contributed by atoms with Gasteiger partial charge in [-0.25, -0.2) is 0 Å². The van der Waals surface area contributed by atoms with Crippen molar-refractivity contribution in [2.45, 2.75) is 6.54 Å². The van der Waals surface area contributed by atoms with Crippen molar-refractivity contribution < 1.29 is 0 Å². The number of anilines is 1. The Labute approximate surface area is 83.0 Å². The number of hydrogen-bond acceptors (Lipinski definition) is 3. The number of benzene rings is 1. The van der Waals surface area contributed by atoms with Crippen molar-refractivity contribution in [3.63, 3.8) is 0 Å². The third-order valence-electron chi connectivity index (χ3n) is 2.32. The Morgan fingerprint density at radius 3 is 2.86 bits per heavy atom. The first-order valence-electron chi connectivity index (χ1n) is 4.61. The summed E-state index contributed by atoms with van der Waals surface area (Å²) in [4.78, 5) is 4.34. The molecule has 3 nitrogen and oxygen atoms in total. The minimum absolute atomic E-state index is 0.508. The molecular formula is C11H13N3. The van der Waals surface area contributed by atoms with Crippen molar-refractivity contribution in [1.82, 2.24) is 4.98 Å². The summed E-state index contributed by atoms with van der Waals surface area (Å²) in [7, 11) is 1.90. The van der Waals surface area contributed by atoms with Crippen LogP contribution in [0.4, 0.5) is 5.69 Å². The highest BCUT2D eigenvalue weighted by Gasteiger charge is 2.04. The molecule has 0 aliphatic rings. The van der Waals surface area contributed by atoms with E-state index in [0.29, 0.717) is 6.54 Å². The lowest BCUT2D eigenvalue weighted by atomic mass is 10.1. The second-order valence-electron chi connectivity index (χ2n) is 3.13. The Balaban J connectivity index is 2.77. The number of rotatable bonds is 2. The predicted molar refractivity (Wildman–Crippen MR) is 59.2 cm³/mol. The molecule has 0 unspecified atom stereocenters. The second-order valence-corrected chi connectivity index (χ2v) is 3.13. The van der Waals surface area contributed by atoms with Crippen molar-refractivity contribution in [1.29, 1.82) is 0 Å². The van der Waals surface area contributed by atoms with Gasteiger partial charge in [-0.2, -0.15) is 0 Å². The second kappa shape index (κ2) is 3.64. The van der Waals surface area contributed by atoms with Crippen LogP contribution >= 0.6 is 0 Å². The first-order valence-corrected chi connectivity index (χ1v) is 4.61. The van der Waals surface area contributed by atoms with Crippen LogP contribution in [-0.4, -0.2) is 12.0 Å². The van der Waals surface area contributed by atoms with E-state index < -0.39 is 0 Å². The van der Waals surface area contributed by atoms with Gasteiger partial charge in [0.2, 0.25) is 0 Å². The lowest BCUT2D eigenvalue weighted by molar-refractivity contribution is 1.06. The highest BCUT2D eigenvalue weighted by molar-refractivity contribution is 5.92. The zero-order valence-electron chi connectivity index (χ0n) is 8.12. The van der Waals surface area contributed by atoms with Crippen LogP contribution < -0.4 is 11.1 Å². The van der Waals surface area contributed by atoms with Gasteiger partial charge in [0.15, 0.2) is 0 Å². The lowest BCUT2D eigenvalue weighted by Gasteiger charge is -2.09. The monoisotopic (exact) mass is 187 g/mol. The zero-order chi connectivity index (χ0) is 9.97. The van der Waals surface area contributed by atoms with Crippen molar-refractivity contribution in [2.75, 3.05) is 12.4 Å². The van der Waals surface area contributed by atoms with E-state index in [1.165, 1.54) is 0 Å². The number of pyridine rings is 1. The molecule has 0 spiro atoms. The first kappa shape index (κ1) is 8.97. The van der Waals surface area contributed by atoms with E-state index in [4.69, 9.17) is 5.73 Å². The number of nitrogens with two attached hydrogens (primary N) is 1. The maximum atomic E-state index is 5.64. The fourth-order valence-corrected chi connectivity index (χ4v) is 1.63. The van der Waals surface area contributed by atoms with Crippen LogP contribution in [0.3, 0.4) is 0 Å². The highest BCUT2D eigenvalue weighted by Crippen LogP contribution is 2.24. The topological polar surface area (TPSA) is 50.9 Å². The third-order valence-corrected chi connectivity index (χ3v) is 2.32. The Morgan fingerprint density at radius 2 is 2.14 bits per heavy atom. The summed E-state index contributed by atoms with van der Waals surface area (Å²) in [5, 5.41) is 4.29. The number of fused-ring (bicyclic) bond motifs is 1. The van der Waals surface area contributed by atoms with Gasteiger partial charge in [0.05, 0.1) is 5.52 Å². The Bertz CT molecular complexity index is 451. The zero-order valence-corrected chi connectivity index (χ0v) is 8.12. The molecule has 3 N–H and O–H groups in total. The van der Waals surface area contributed by atoms with E-state index in [1.54, 1.807) is 0 Å². The minimum Gasteiger partial charge on any atom is -0.387 e. The molecule has 0 aliphatic heterocycles. The van der Waals surface area contributed by atoms with E-state index in [0.717, 1.165) is 22.2 Å².